The first-order valence-electron chi connectivity index (χ1n) is 7.78. The van der Waals surface area contributed by atoms with E-state index in [0.717, 1.165) is 12.8 Å². The molecule has 118 valence electrons. The first-order valence-corrected chi connectivity index (χ1v) is 7.78. The van der Waals surface area contributed by atoms with E-state index in [4.69, 9.17) is 0 Å². The third-order valence-electron chi connectivity index (χ3n) is 4.27. The van der Waals surface area contributed by atoms with Crippen molar-refractivity contribution in [2.24, 2.45) is 0 Å². The van der Waals surface area contributed by atoms with E-state index in [1.54, 1.807) is 46.4 Å². The fourth-order valence-corrected chi connectivity index (χ4v) is 2.94. The van der Waals surface area contributed by atoms with Crippen LogP contribution in [0.4, 0.5) is 0 Å². The molecule has 0 atom stereocenters. The fraction of sp³-hybridized carbons (Fsp3) is 0.375. The normalized spacial score (nSPS) is 18.3. The molecule has 0 spiro atoms. The molecule has 7 nitrogen and oxygen atoms in total. The van der Waals surface area contributed by atoms with Crippen molar-refractivity contribution in [1.29, 1.82) is 0 Å². The van der Waals surface area contributed by atoms with E-state index < -0.39 is 0 Å². The van der Waals surface area contributed by atoms with Crippen LogP contribution in [0, 0.1) is 0 Å². The number of hydrogen-bond acceptors (Lipinski definition) is 4. The van der Waals surface area contributed by atoms with Crippen molar-refractivity contribution >= 4 is 11.8 Å². The van der Waals surface area contributed by atoms with Crippen molar-refractivity contribution in [2.75, 3.05) is 19.6 Å². The van der Waals surface area contributed by atoms with E-state index in [0.29, 0.717) is 30.5 Å². The van der Waals surface area contributed by atoms with E-state index in [2.05, 4.69) is 10.1 Å². The van der Waals surface area contributed by atoms with Gasteiger partial charge in [-0.05, 0) is 31.0 Å². The van der Waals surface area contributed by atoms with Crippen molar-refractivity contribution in [3.05, 3.63) is 42.4 Å². The highest BCUT2D eigenvalue weighted by Crippen LogP contribution is 2.28. The third-order valence-corrected chi connectivity index (χ3v) is 4.27. The Kier molecular flexibility index (Phi) is 3.33. The maximum atomic E-state index is 12.8. The SMILES string of the molecule is O=C(c1cccnc1-n1cccn1)N1CCN(C2CC2)C(=O)C1. The van der Waals surface area contributed by atoms with Gasteiger partial charge in [-0.3, -0.25) is 9.59 Å². The van der Waals surface area contributed by atoms with Crippen molar-refractivity contribution in [2.45, 2.75) is 18.9 Å². The van der Waals surface area contributed by atoms with Gasteiger partial charge in [0.15, 0.2) is 5.82 Å². The number of carbonyl (C=O) groups excluding carboxylic acids is 2. The molecule has 0 unspecified atom stereocenters. The van der Waals surface area contributed by atoms with Gasteiger partial charge in [0.1, 0.15) is 6.54 Å². The Bertz CT molecular complexity index is 739. The number of rotatable bonds is 3. The van der Waals surface area contributed by atoms with Gasteiger partial charge in [0.25, 0.3) is 5.91 Å². The molecule has 1 saturated carbocycles. The Hall–Kier alpha value is -2.70. The molecule has 2 amide bonds. The molecular formula is C16H17N5O2. The largest absolute Gasteiger partial charge is 0.336 e. The second kappa shape index (κ2) is 5.49. The molecule has 2 aromatic rings. The van der Waals surface area contributed by atoms with Gasteiger partial charge in [-0.25, -0.2) is 9.67 Å². The lowest BCUT2D eigenvalue weighted by Gasteiger charge is -2.34. The van der Waals surface area contributed by atoms with Gasteiger partial charge in [-0.1, -0.05) is 0 Å². The van der Waals surface area contributed by atoms with Crippen LogP contribution in [0.3, 0.4) is 0 Å². The molecule has 1 saturated heterocycles. The quantitative estimate of drug-likeness (QED) is 0.837. The highest BCUT2D eigenvalue weighted by Gasteiger charge is 2.37. The molecule has 2 aliphatic rings. The van der Waals surface area contributed by atoms with Crippen molar-refractivity contribution in [3.8, 4) is 5.82 Å². The smallest absolute Gasteiger partial charge is 0.258 e. The van der Waals surface area contributed by atoms with Gasteiger partial charge < -0.3 is 9.80 Å². The molecule has 0 radical (unpaired) electrons. The van der Waals surface area contributed by atoms with Gasteiger partial charge in [-0.2, -0.15) is 5.10 Å². The van der Waals surface area contributed by atoms with Crippen LogP contribution >= 0.6 is 0 Å². The van der Waals surface area contributed by atoms with Crippen LogP contribution in [0.1, 0.15) is 23.2 Å². The zero-order chi connectivity index (χ0) is 15.8. The minimum absolute atomic E-state index is 0.0385. The predicted octanol–water partition coefficient (Wildman–Crippen LogP) is 0.714. The number of aromatic nitrogens is 3. The molecule has 7 heteroatoms. The predicted molar refractivity (Wildman–Crippen MR) is 82.0 cm³/mol. The Morgan fingerprint density at radius 3 is 2.74 bits per heavy atom. The molecule has 0 bridgehead atoms. The van der Waals surface area contributed by atoms with Gasteiger partial charge >= 0.3 is 0 Å². The van der Waals surface area contributed by atoms with Gasteiger partial charge in [-0.15, -0.1) is 0 Å². The standard InChI is InChI=1S/C16H17N5O2/c22-14-11-19(9-10-20(14)12-4-5-12)16(23)13-3-1-6-17-15(13)21-8-2-7-18-21/h1-3,6-8,12H,4-5,9-11H2. The minimum atomic E-state index is -0.174. The summed E-state index contributed by atoms with van der Waals surface area (Å²) < 4.78 is 1.56. The van der Waals surface area contributed by atoms with E-state index >= 15 is 0 Å². The minimum Gasteiger partial charge on any atom is -0.336 e. The van der Waals surface area contributed by atoms with E-state index in [-0.39, 0.29) is 18.4 Å². The van der Waals surface area contributed by atoms with Crippen molar-refractivity contribution in [3.63, 3.8) is 0 Å². The lowest BCUT2D eigenvalue weighted by Crippen LogP contribution is -2.53. The van der Waals surface area contributed by atoms with Crippen LogP contribution in [0.2, 0.25) is 0 Å². The lowest BCUT2D eigenvalue weighted by atomic mass is 10.2. The second-order valence-corrected chi connectivity index (χ2v) is 5.87. The van der Waals surface area contributed by atoms with Crippen LogP contribution in [0.15, 0.2) is 36.8 Å². The fourth-order valence-electron chi connectivity index (χ4n) is 2.94. The number of carbonyl (C=O) groups is 2. The molecule has 2 fully saturated rings. The van der Waals surface area contributed by atoms with Crippen molar-refractivity contribution in [1.82, 2.24) is 24.6 Å². The number of nitrogens with zero attached hydrogens (tertiary/aromatic N) is 5. The molecule has 4 rings (SSSR count). The summed E-state index contributed by atoms with van der Waals surface area (Å²) in [6, 6.07) is 5.63. The van der Waals surface area contributed by atoms with Crippen LogP contribution in [0.25, 0.3) is 5.82 Å². The highest BCUT2D eigenvalue weighted by atomic mass is 16.2. The summed E-state index contributed by atoms with van der Waals surface area (Å²) in [6.45, 7) is 1.32. The molecular weight excluding hydrogens is 294 g/mol. The summed E-state index contributed by atoms with van der Waals surface area (Å²) in [5, 5.41) is 4.14. The molecule has 2 aromatic heterocycles. The first-order chi connectivity index (χ1) is 11.2. The van der Waals surface area contributed by atoms with Gasteiger partial charge in [0.2, 0.25) is 5.91 Å². The summed E-state index contributed by atoms with van der Waals surface area (Å²) in [6.07, 6.45) is 7.19. The number of hydrogen-bond donors (Lipinski definition) is 0. The lowest BCUT2D eigenvalue weighted by molar-refractivity contribution is -0.135. The average molecular weight is 311 g/mol. The number of pyridine rings is 1. The van der Waals surface area contributed by atoms with Crippen LogP contribution in [-0.4, -0.2) is 62.1 Å². The van der Waals surface area contributed by atoms with Gasteiger partial charge in [0, 0.05) is 37.7 Å². The summed E-state index contributed by atoms with van der Waals surface area (Å²) in [5.41, 5.74) is 0.462. The summed E-state index contributed by atoms with van der Waals surface area (Å²) in [4.78, 5) is 32.8. The number of amides is 2. The second-order valence-electron chi connectivity index (χ2n) is 5.87. The zero-order valence-corrected chi connectivity index (χ0v) is 12.6. The summed E-state index contributed by atoms with van der Waals surface area (Å²) in [7, 11) is 0. The Balaban J connectivity index is 1.57. The third kappa shape index (κ3) is 2.58. The first kappa shape index (κ1) is 13.9. The van der Waals surface area contributed by atoms with E-state index in [1.165, 1.54) is 0 Å². The number of piperazine rings is 1. The van der Waals surface area contributed by atoms with E-state index in [9.17, 15) is 9.59 Å². The molecule has 0 N–H and O–H groups in total. The molecule has 1 aliphatic carbocycles. The van der Waals surface area contributed by atoms with Crippen molar-refractivity contribution < 1.29 is 9.59 Å². The monoisotopic (exact) mass is 311 g/mol. The maximum Gasteiger partial charge on any atom is 0.258 e. The Morgan fingerprint density at radius 1 is 1.17 bits per heavy atom. The molecule has 3 heterocycles. The molecule has 23 heavy (non-hydrogen) atoms. The van der Waals surface area contributed by atoms with Crippen LogP contribution in [0.5, 0.6) is 0 Å². The van der Waals surface area contributed by atoms with Gasteiger partial charge in [0.05, 0.1) is 5.56 Å². The van der Waals surface area contributed by atoms with E-state index in [1.807, 2.05) is 4.90 Å². The zero-order valence-electron chi connectivity index (χ0n) is 12.6. The summed E-state index contributed by atoms with van der Waals surface area (Å²) in [5.74, 6) is 0.351. The highest BCUT2D eigenvalue weighted by molar-refractivity contribution is 5.99. The maximum absolute atomic E-state index is 12.8. The summed E-state index contributed by atoms with van der Waals surface area (Å²) >= 11 is 0. The molecule has 0 aromatic carbocycles. The van der Waals surface area contributed by atoms with Crippen LogP contribution < -0.4 is 0 Å². The Morgan fingerprint density at radius 2 is 2.04 bits per heavy atom. The molecule has 1 aliphatic heterocycles. The average Bonchev–Trinajstić information content (AvgIpc) is 3.27. The Labute approximate surface area is 133 Å². The van der Waals surface area contributed by atoms with Crippen LogP contribution in [-0.2, 0) is 4.79 Å². The topological polar surface area (TPSA) is 71.3 Å².